The van der Waals surface area contributed by atoms with E-state index in [2.05, 4.69) is 122 Å². The average molecular weight is 765 g/mol. The summed E-state index contributed by atoms with van der Waals surface area (Å²) in [6, 6.07) is 48.6. The van der Waals surface area contributed by atoms with Gasteiger partial charge in [0.05, 0.1) is 11.1 Å². The molecule has 1 aliphatic carbocycles. The van der Waals surface area contributed by atoms with Gasteiger partial charge in [-0.2, -0.15) is 0 Å². The summed E-state index contributed by atoms with van der Waals surface area (Å²) in [6.45, 7) is 5.36. The van der Waals surface area contributed by atoms with Crippen LogP contribution in [0.15, 0.2) is 146 Å². The van der Waals surface area contributed by atoms with Crippen LogP contribution in [0.2, 0.25) is 0 Å². The van der Waals surface area contributed by atoms with Gasteiger partial charge in [0, 0.05) is 5.69 Å². The van der Waals surface area contributed by atoms with Crippen LogP contribution in [0, 0.1) is 6.92 Å². The Morgan fingerprint density at radius 2 is 0.966 bits per heavy atom. The number of hydrogen-bond acceptors (Lipinski definition) is 8. The molecule has 9 aromatic rings. The first kappa shape index (κ1) is 36.1. The van der Waals surface area contributed by atoms with Crippen molar-refractivity contribution in [1.29, 1.82) is 0 Å². The summed E-state index contributed by atoms with van der Waals surface area (Å²) in [5.74, 6) is -3.24. The fourth-order valence-corrected chi connectivity index (χ4v) is 8.91. The summed E-state index contributed by atoms with van der Waals surface area (Å²) in [7, 11) is 0. The Hall–Kier alpha value is -7.56. The average Bonchev–Trinajstić information content (AvgIpc) is 3.75. The Kier molecular flexibility index (Phi) is 8.64. The number of rotatable bonds is 5. The molecule has 9 heteroatoms. The first-order chi connectivity index (χ1) is 28.2. The predicted molar refractivity (Wildman–Crippen MR) is 229 cm³/mol. The van der Waals surface area contributed by atoms with Crippen molar-refractivity contribution in [3.8, 4) is 84.3 Å². The Labute approximate surface area is 332 Å². The zero-order valence-electron chi connectivity index (χ0n) is 31.1. The number of aliphatic hydroxyl groups is 1. The Morgan fingerprint density at radius 1 is 0.483 bits per heavy atom. The highest BCUT2D eigenvalue weighted by molar-refractivity contribution is 6.28. The zero-order valence-corrected chi connectivity index (χ0v) is 31.1. The van der Waals surface area contributed by atoms with Crippen LogP contribution < -0.4 is 5.64 Å². The standard InChI is InChI=1S/C49H33NO5.H3NO2/c1-26-38-45(47(53)49(55)48(54)46(38)52)50(44(26)27(2)51)31-22-20-28(21-23-31)32-24-25-37-41-33(32)18-11-19-36(41)42-39(29-12-5-3-6-13-29)34-16-9-10-17-35(34)40(43(37)42)30-14-7-4-8-15-30;2-1-3/h3-25,51-55H,2H2,1H3;1-3H. The molecule has 0 saturated carbocycles. The summed E-state index contributed by atoms with van der Waals surface area (Å²) in [5.41, 5.74) is 13.5. The molecule has 1 aromatic heterocycles. The maximum absolute atomic E-state index is 11.0. The third-order valence-electron chi connectivity index (χ3n) is 11.2. The van der Waals surface area contributed by atoms with E-state index in [-0.39, 0.29) is 22.4 Å². The lowest BCUT2D eigenvalue weighted by Crippen LogP contribution is -2.00. The number of phenols is 4. The number of aromatic nitrogens is 1. The number of benzene rings is 8. The maximum Gasteiger partial charge on any atom is 0.206 e. The lowest BCUT2D eigenvalue weighted by Gasteiger charge is -2.20. The molecule has 58 heavy (non-hydrogen) atoms. The van der Waals surface area contributed by atoms with E-state index in [1.54, 1.807) is 6.92 Å². The van der Waals surface area contributed by atoms with Gasteiger partial charge in [0.15, 0.2) is 11.5 Å². The monoisotopic (exact) mass is 764 g/mol. The van der Waals surface area contributed by atoms with Crippen LogP contribution in [0.5, 0.6) is 23.0 Å². The molecule has 1 aliphatic rings. The number of aromatic hydroxyl groups is 4. The second-order valence-corrected chi connectivity index (χ2v) is 14.2. The molecule has 0 unspecified atom stereocenters. The second kappa shape index (κ2) is 13.9. The number of aliphatic hydroxyl groups excluding tert-OH is 1. The molecule has 0 radical (unpaired) electrons. The lowest BCUT2D eigenvalue weighted by molar-refractivity contribution is -0.0678. The minimum absolute atomic E-state index is 0.0298. The van der Waals surface area contributed by atoms with Crippen LogP contribution in [0.1, 0.15) is 11.3 Å². The minimum atomic E-state index is -0.858. The molecule has 0 aliphatic heterocycles. The number of fused-ring (bicyclic) bond motifs is 5. The molecule has 0 spiro atoms. The van der Waals surface area contributed by atoms with E-state index in [4.69, 9.17) is 10.4 Å². The molecule has 284 valence electrons. The Morgan fingerprint density at radius 3 is 1.52 bits per heavy atom. The SMILES string of the molecule is C=C(O)c1c(C)c2c(O)c(O)c(O)c(O)c2n1-c1ccc(-c2ccc3c4c(cccc24)-c2c-3c(-c3ccccc3)c3ccccc3c2-c2ccccc2)cc1.ONO. The van der Waals surface area contributed by atoms with Crippen molar-refractivity contribution >= 4 is 38.2 Å². The molecule has 10 rings (SSSR count). The van der Waals surface area contributed by atoms with E-state index < -0.39 is 23.0 Å². The van der Waals surface area contributed by atoms with E-state index >= 15 is 0 Å². The van der Waals surface area contributed by atoms with Gasteiger partial charge in [-0.15, -0.1) is 0 Å². The number of nitrogens with zero attached hydrogens (tertiary/aromatic N) is 1. The first-order valence-corrected chi connectivity index (χ1v) is 18.5. The van der Waals surface area contributed by atoms with Crippen LogP contribution in [0.25, 0.3) is 99.5 Å². The van der Waals surface area contributed by atoms with Crippen molar-refractivity contribution in [2.24, 2.45) is 0 Å². The van der Waals surface area contributed by atoms with E-state index in [1.807, 2.05) is 24.3 Å². The van der Waals surface area contributed by atoms with Gasteiger partial charge >= 0.3 is 0 Å². The fraction of sp³-hybridized carbons (Fsp3) is 0.0204. The molecule has 9 nitrogen and oxygen atoms in total. The van der Waals surface area contributed by atoms with Gasteiger partial charge in [-0.05, 0) is 102 Å². The van der Waals surface area contributed by atoms with Crippen molar-refractivity contribution in [1.82, 2.24) is 10.2 Å². The summed E-state index contributed by atoms with van der Waals surface area (Å²) < 4.78 is 1.52. The van der Waals surface area contributed by atoms with E-state index in [1.165, 1.54) is 54.1 Å². The van der Waals surface area contributed by atoms with Gasteiger partial charge in [0.2, 0.25) is 11.5 Å². The Bertz CT molecular complexity index is 3030. The molecule has 0 bridgehead atoms. The quantitative estimate of drug-likeness (QED) is 0.0372. The van der Waals surface area contributed by atoms with E-state index in [9.17, 15) is 25.5 Å². The molecule has 0 atom stereocenters. The predicted octanol–water partition coefficient (Wildman–Crippen LogP) is 11.6. The van der Waals surface area contributed by atoms with Crippen molar-refractivity contribution in [3.05, 3.63) is 157 Å². The maximum atomic E-state index is 11.0. The highest BCUT2D eigenvalue weighted by Crippen LogP contribution is 2.58. The second-order valence-electron chi connectivity index (χ2n) is 14.2. The van der Waals surface area contributed by atoms with Crippen LogP contribution >= 0.6 is 0 Å². The summed E-state index contributed by atoms with van der Waals surface area (Å²) >= 11 is 0. The molecule has 0 amide bonds. The van der Waals surface area contributed by atoms with Crippen molar-refractivity contribution in [3.63, 3.8) is 0 Å². The topological polar surface area (TPSA) is 159 Å². The number of phenolic OH excluding ortho intramolecular Hbond substituents is 4. The summed E-state index contributed by atoms with van der Waals surface area (Å²) in [4.78, 5) is 0. The molecule has 0 fully saturated rings. The number of nitrogens with one attached hydrogen (secondary N) is 1. The smallest absolute Gasteiger partial charge is 0.206 e. The Balaban J connectivity index is 0.00000141. The van der Waals surface area contributed by atoms with Gasteiger partial charge < -0.3 is 30.1 Å². The first-order valence-electron chi connectivity index (χ1n) is 18.5. The van der Waals surface area contributed by atoms with E-state index in [0.717, 1.165) is 33.3 Å². The third-order valence-corrected chi connectivity index (χ3v) is 11.2. The van der Waals surface area contributed by atoms with Crippen molar-refractivity contribution in [2.75, 3.05) is 0 Å². The highest BCUT2D eigenvalue weighted by Gasteiger charge is 2.32. The van der Waals surface area contributed by atoms with Gasteiger partial charge in [0.1, 0.15) is 11.3 Å². The van der Waals surface area contributed by atoms with Gasteiger partial charge in [-0.3, -0.25) is 10.4 Å². The lowest BCUT2D eigenvalue weighted by atomic mass is 9.82. The van der Waals surface area contributed by atoms with Crippen molar-refractivity contribution in [2.45, 2.75) is 6.92 Å². The van der Waals surface area contributed by atoms with Gasteiger partial charge in [0.25, 0.3) is 0 Å². The third kappa shape index (κ3) is 5.23. The largest absolute Gasteiger partial charge is 0.506 e. The van der Waals surface area contributed by atoms with Gasteiger partial charge in [-0.25, -0.2) is 0 Å². The summed E-state index contributed by atoms with van der Waals surface area (Å²) in [6.07, 6.45) is 0. The summed E-state index contributed by atoms with van der Waals surface area (Å²) in [5, 5.41) is 71.8. The zero-order chi connectivity index (χ0) is 40.4. The van der Waals surface area contributed by atoms with Crippen LogP contribution in [0.3, 0.4) is 0 Å². The van der Waals surface area contributed by atoms with Crippen LogP contribution in [-0.2, 0) is 0 Å². The molecular formula is C49H36N2O7. The molecule has 8 N–H and O–H groups in total. The van der Waals surface area contributed by atoms with Gasteiger partial charge in [-0.1, -0.05) is 140 Å². The highest BCUT2D eigenvalue weighted by atomic mass is 16.7. The fourth-order valence-electron chi connectivity index (χ4n) is 8.91. The normalized spacial score (nSPS) is 11.5. The number of hydrogen-bond donors (Lipinski definition) is 8. The van der Waals surface area contributed by atoms with Crippen LogP contribution in [-0.4, -0.2) is 40.5 Å². The molecular weight excluding hydrogens is 729 g/mol. The van der Waals surface area contributed by atoms with Crippen molar-refractivity contribution < 1.29 is 35.9 Å². The number of aryl methyl sites for hydroxylation is 1. The minimum Gasteiger partial charge on any atom is -0.506 e. The molecule has 0 saturated heterocycles. The van der Waals surface area contributed by atoms with Crippen LogP contribution in [0.4, 0.5) is 0 Å². The molecule has 8 aromatic carbocycles. The molecule has 1 heterocycles. The van der Waals surface area contributed by atoms with E-state index in [0.29, 0.717) is 11.3 Å².